The van der Waals surface area contributed by atoms with Gasteiger partial charge in [-0.25, -0.2) is 0 Å². The van der Waals surface area contributed by atoms with Crippen LogP contribution in [0.25, 0.3) is 0 Å². The SMILES string of the molecule is CCCCCC/C=C\CCCCCCCC(=O)OCC(COC(=O)CCCCCCCCCCCCC/C=C\C/C=C\CCCCCCC)OC(=O)CCCCCCC/C=C\CCCCCCCCC. The van der Waals surface area contributed by atoms with Gasteiger partial charge in [0.15, 0.2) is 6.10 Å². The zero-order chi connectivity index (χ0) is 50.7. The third kappa shape index (κ3) is 56.3. The molecule has 6 heteroatoms. The van der Waals surface area contributed by atoms with Gasteiger partial charge in [-0.2, -0.15) is 0 Å². The Hall–Kier alpha value is -2.63. The second-order valence-electron chi connectivity index (χ2n) is 20.6. The fourth-order valence-corrected chi connectivity index (χ4v) is 8.88. The molecule has 6 nitrogen and oxygen atoms in total. The van der Waals surface area contributed by atoms with E-state index in [-0.39, 0.29) is 31.1 Å². The molecule has 0 heterocycles. The number of hydrogen-bond donors (Lipinski definition) is 0. The molecule has 0 bridgehead atoms. The Bertz CT molecular complexity index is 1220. The molecule has 408 valence electrons. The van der Waals surface area contributed by atoms with Gasteiger partial charge in [-0.3, -0.25) is 14.4 Å². The summed E-state index contributed by atoms with van der Waals surface area (Å²) < 4.78 is 16.9. The molecule has 1 unspecified atom stereocenters. The van der Waals surface area contributed by atoms with Crippen LogP contribution in [0.1, 0.15) is 323 Å². The van der Waals surface area contributed by atoms with Crippen molar-refractivity contribution in [3.63, 3.8) is 0 Å². The lowest BCUT2D eigenvalue weighted by molar-refractivity contribution is -0.167. The molecule has 0 spiro atoms. The normalized spacial score (nSPS) is 12.3. The van der Waals surface area contributed by atoms with Crippen LogP contribution in [0, 0.1) is 0 Å². The average Bonchev–Trinajstić information content (AvgIpc) is 3.36. The zero-order valence-electron chi connectivity index (χ0n) is 46.8. The predicted molar refractivity (Wildman–Crippen MR) is 302 cm³/mol. The van der Waals surface area contributed by atoms with Gasteiger partial charge in [0.25, 0.3) is 0 Å². The lowest BCUT2D eigenvalue weighted by Gasteiger charge is -2.18. The topological polar surface area (TPSA) is 78.9 Å². The van der Waals surface area contributed by atoms with Gasteiger partial charge in [-0.15, -0.1) is 0 Å². The first-order chi connectivity index (χ1) is 34.5. The molecule has 70 heavy (non-hydrogen) atoms. The first-order valence-corrected chi connectivity index (χ1v) is 30.6. The smallest absolute Gasteiger partial charge is 0.306 e. The van der Waals surface area contributed by atoms with Crippen LogP contribution in [0.3, 0.4) is 0 Å². The summed E-state index contributed by atoms with van der Waals surface area (Å²) in [5.74, 6) is -0.882. The van der Waals surface area contributed by atoms with Gasteiger partial charge in [-0.1, -0.05) is 249 Å². The van der Waals surface area contributed by atoms with Crippen molar-refractivity contribution in [1.29, 1.82) is 0 Å². The van der Waals surface area contributed by atoms with Crippen LogP contribution in [0.15, 0.2) is 48.6 Å². The Morgan fingerprint density at radius 3 is 0.814 bits per heavy atom. The summed E-state index contributed by atoms with van der Waals surface area (Å²) in [5, 5.41) is 0. The number of hydrogen-bond acceptors (Lipinski definition) is 6. The van der Waals surface area contributed by atoms with Gasteiger partial charge < -0.3 is 14.2 Å². The Balaban J connectivity index is 4.31. The van der Waals surface area contributed by atoms with Crippen molar-refractivity contribution in [3.05, 3.63) is 48.6 Å². The van der Waals surface area contributed by atoms with Gasteiger partial charge in [0.05, 0.1) is 0 Å². The maximum atomic E-state index is 12.9. The predicted octanol–water partition coefficient (Wildman–Crippen LogP) is 20.6. The molecule has 0 aliphatic carbocycles. The monoisotopic (exact) mass is 981 g/mol. The Morgan fingerprint density at radius 2 is 0.514 bits per heavy atom. The average molecular weight is 982 g/mol. The fourth-order valence-electron chi connectivity index (χ4n) is 8.88. The van der Waals surface area contributed by atoms with Gasteiger partial charge in [-0.05, 0) is 103 Å². The Kier molecular flexibility index (Phi) is 56.7. The molecule has 0 saturated carbocycles. The van der Waals surface area contributed by atoms with Gasteiger partial charge in [0.1, 0.15) is 13.2 Å². The van der Waals surface area contributed by atoms with Gasteiger partial charge in [0.2, 0.25) is 0 Å². The van der Waals surface area contributed by atoms with Crippen molar-refractivity contribution in [2.45, 2.75) is 329 Å². The van der Waals surface area contributed by atoms with E-state index in [1.54, 1.807) is 0 Å². The molecular formula is C64H116O6. The molecule has 0 aromatic rings. The number of esters is 3. The van der Waals surface area contributed by atoms with Crippen LogP contribution >= 0.6 is 0 Å². The quantitative estimate of drug-likeness (QED) is 0.0261. The summed E-state index contributed by atoms with van der Waals surface area (Å²) >= 11 is 0. The molecule has 0 N–H and O–H groups in total. The van der Waals surface area contributed by atoms with Crippen LogP contribution in [0.2, 0.25) is 0 Å². The van der Waals surface area contributed by atoms with E-state index < -0.39 is 6.10 Å². The highest BCUT2D eigenvalue weighted by atomic mass is 16.6. The highest BCUT2D eigenvalue weighted by Crippen LogP contribution is 2.16. The number of unbranched alkanes of at least 4 members (excludes halogenated alkanes) is 37. The molecule has 0 aliphatic heterocycles. The van der Waals surface area contributed by atoms with Crippen molar-refractivity contribution in [1.82, 2.24) is 0 Å². The Labute approximate surface area is 435 Å². The third-order valence-electron chi connectivity index (χ3n) is 13.5. The van der Waals surface area contributed by atoms with Crippen molar-refractivity contribution in [3.8, 4) is 0 Å². The van der Waals surface area contributed by atoms with E-state index in [0.29, 0.717) is 19.3 Å². The van der Waals surface area contributed by atoms with E-state index in [1.165, 1.54) is 205 Å². The summed E-state index contributed by atoms with van der Waals surface area (Å²) in [7, 11) is 0. The minimum atomic E-state index is -0.781. The minimum absolute atomic E-state index is 0.0782. The first-order valence-electron chi connectivity index (χ1n) is 30.6. The van der Waals surface area contributed by atoms with Crippen LogP contribution in [-0.4, -0.2) is 37.2 Å². The second kappa shape index (κ2) is 58.9. The number of carbonyl (C=O) groups excluding carboxylic acids is 3. The molecule has 0 saturated heterocycles. The summed E-state index contributed by atoms with van der Waals surface area (Å²) in [6.45, 7) is 6.63. The van der Waals surface area contributed by atoms with Crippen LogP contribution in [0.5, 0.6) is 0 Å². The summed E-state index contributed by atoms with van der Waals surface area (Å²) in [4.78, 5) is 38.2. The molecule has 1 atom stereocenters. The zero-order valence-corrected chi connectivity index (χ0v) is 46.8. The van der Waals surface area contributed by atoms with E-state index in [2.05, 4.69) is 69.4 Å². The van der Waals surface area contributed by atoms with E-state index in [9.17, 15) is 14.4 Å². The Morgan fingerprint density at radius 1 is 0.286 bits per heavy atom. The van der Waals surface area contributed by atoms with E-state index >= 15 is 0 Å². The minimum Gasteiger partial charge on any atom is -0.462 e. The molecule has 0 radical (unpaired) electrons. The summed E-state index contributed by atoms with van der Waals surface area (Å²) in [6.07, 6.45) is 72.5. The van der Waals surface area contributed by atoms with Crippen molar-refractivity contribution in [2.24, 2.45) is 0 Å². The van der Waals surface area contributed by atoms with Crippen molar-refractivity contribution >= 4 is 17.9 Å². The second-order valence-corrected chi connectivity index (χ2v) is 20.6. The first kappa shape index (κ1) is 67.4. The number of ether oxygens (including phenoxy) is 3. The molecule has 0 aromatic heterocycles. The third-order valence-corrected chi connectivity index (χ3v) is 13.5. The standard InChI is InChI=1S/C64H116O6/c1-4-7-10-13-16-19-22-25-27-29-30-31-32-33-34-35-37-39-42-45-48-51-54-57-63(66)69-60-61(59-68-62(65)56-53-50-47-44-41-38-24-21-18-15-12-9-6-3)70-64(67)58-55-52-49-46-43-40-36-28-26-23-20-17-14-11-8-5-2/h21-22,24-25,28-30,36,61H,4-20,23,26-27,31-35,37-60H2,1-3H3/b24-21-,25-22-,30-29-,36-28-. The lowest BCUT2D eigenvalue weighted by atomic mass is 10.0. The molecular weight excluding hydrogens is 865 g/mol. The molecule has 0 rings (SSSR count). The van der Waals surface area contributed by atoms with E-state index in [0.717, 1.165) is 77.0 Å². The maximum Gasteiger partial charge on any atom is 0.306 e. The molecule has 0 fully saturated rings. The van der Waals surface area contributed by atoms with E-state index in [1.807, 2.05) is 0 Å². The fraction of sp³-hybridized carbons (Fsp3) is 0.828. The maximum absolute atomic E-state index is 12.9. The number of carbonyl (C=O) groups is 3. The largest absolute Gasteiger partial charge is 0.462 e. The van der Waals surface area contributed by atoms with Crippen LogP contribution in [-0.2, 0) is 28.6 Å². The highest BCUT2D eigenvalue weighted by molar-refractivity contribution is 5.71. The number of allylic oxidation sites excluding steroid dienone is 8. The molecule has 0 amide bonds. The van der Waals surface area contributed by atoms with Crippen molar-refractivity contribution in [2.75, 3.05) is 13.2 Å². The summed E-state index contributed by atoms with van der Waals surface area (Å²) in [5.41, 5.74) is 0. The van der Waals surface area contributed by atoms with E-state index in [4.69, 9.17) is 14.2 Å². The highest BCUT2D eigenvalue weighted by Gasteiger charge is 2.19. The number of rotatable bonds is 56. The van der Waals surface area contributed by atoms with Gasteiger partial charge in [0, 0.05) is 19.3 Å². The summed E-state index contributed by atoms with van der Waals surface area (Å²) in [6, 6.07) is 0. The molecule has 0 aromatic carbocycles. The molecule has 0 aliphatic rings. The van der Waals surface area contributed by atoms with Crippen molar-refractivity contribution < 1.29 is 28.6 Å². The van der Waals surface area contributed by atoms with Crippen LogP contribution in [0.4, 0.5) is 0 Å². The van der Waals surface area contributed by atoms with Crippen LogP contribution < -0.4 is 0 Å². The van der Waals surface area contributed by atoms with Gasteiger partial charge >= 0.3 is 17.9 Å². The lowest BCUT2D eigenvalue weighted by Crippen LogP contribution is -2.30.